The summed E-state index contributed by atoms with van der Waals surface area (Å²) in [7, 11) is 2.16. The van der Waals surface area contributed by atoms with Gasteiger partial charge in [0.1, 0.15) is 0 Å². The molecule has 1 aliphatic heterocycles. The van der Waals surface area contributed by atoms with Crippen LogP contribution in [-0.2, 0) is 0 Å². The Morgan fingerprint density at radius 3 is 2.63 bits per heavy atom. The van der Waals surface area contributed by atoms with Crippen molar-refractivity contribution in [2.75, 3.05) is 20.1 Å². The summed E-state index contributed by atoms with van der Waals surface area (Å²) in [5.41, 5.74) is 0.558. The molecule has 2 heteroatoms. The largest absolute Gasteiger partial charge is 0.315 e. The minimum absolute atomic E-state index is 0.558. The summed E-state index contributed by atoms with van der Waals surface area (Å²) >= 11 is 0. The van der Waals surface area contributed by atoms with E-state index >= 15 is 0 Å². The van der Waals surface area contributed by atoms with Gasteiger partial charge in [0.25, 0.3) is 0 Å². The summed E-state index contributed by atoms with van der Waals surface area (Å²) in [6.07, 6.45) is 9.75. The van der Waals surface area contributed by atoms with Crippen molar-refractivity contribution in [3.8, 4) is 0 Å². The first-order chi connectivity index (χ1) is 9.05. The van der Waals surface area contributed by atoms with Gasteiger partial charge in [-0.2, -0.15) is 0 Å². The van der Waals surface area contributed by atoms with Crippen molar-refractivity contribution in [3.05, 3.63) is 0 Å². The molecule has 2 rings (SSSR count). The zero-order valence-corrected chi connectivity index (χ0v) is 13.5. The van der Waals surface area contributed by atoms with E-state index in [2.05, 4.69) is 38.0 Å². The molecule has 1 saturated carbocycles. The van der Waals surface area contributed by atoms with Crippen LogP contribution in [-0.4, -0.2) is 37.1 Å². The molecule has 0 radical (unpaired) electrons. The second-order valence-corrected chi connectivity index (χ2v) is 7.60. The highest BCUT2D eigenvalue weighted by Gasteiger charge is 2.34. The summed E-state index contributed by atoms with van der Waals surface area (Å²) in [6.45, 7) is 9.89. The van der Waals surface area contributed by atoms with E-state index in [4.69, 9.17) is 0 Å². The monoisotopic (exact) mass is 266 g/mol. The van der Waals surface area contributed by atoms with E-state index in [1.54, 1.807) is 0 Å². The molecule has 112 valence electrons. The van der Waals surface area contributed by atoms with Gasteiger partial charge in [-0.25, -0.2) is 0 Å². The first-order valence-corrected chi connectivity index (χ1v) is 8.47. The normalized spacial score (nSPS) is 36.9. The molecular formula is C17H34N2. The highest BCUT2D eigenvalue weighted by molar-refractivity contribution is 4.92. The van der Waals surface area contributed by atoms with Crippen molar-refractivity contribution >= 4 is 0 Å². The zero-order chi connectivity index (χ0) is 13.9. The Bertz CT molecular complexity index is 274. The second kappa shape index (κ2) is 6.58. The average Bonchev–Trinajstić information content (AvgIpc) is 2.59. The third kappa shape index (κ3) is 3.95. The van der Waals surface area contributed by atoms with Crippen molar-refractivity contribution < 1.29 is 0 Å². The van der Waals surface area contributed by atoms with Crippen molar-refractivity contribution in [2.45, 2.75) is 77.8 Å². The lowest BCUT2D eigenvalue weighted by Crippen LogP contribution is -2.52. The maximum absolute atomic E-state index is 3.60. The van der Waals surface area contributed by atoms with Gasteiger partial charge >= 0.3 is 0 Å². The minimum Gasteiger partial charge on any atom is -0.315 e. The Kier molecular flexibility index (Phi) is 5.30. The van der Waals surface area contributed by atoms with Crippen LogP contribution in [0, 0.1) is 11.3 Å². The smallest absolute Gasteiger partial charge is 0.0251 e. The standard InChI is InChI=1S/C17H34N2/c1-5-14-7-8-15(18-4)16(13-14)19-11-6-9-17(2,3)10-12-19/h14-16,18H,5-13H2,1-4H3. The van der Waals surface area contributed by atoms with Crippen LogP contribution in [0.25, 0.3) is 0 Å². The van der Waals surface area contributed by atoms with Gasteiger partial charge in [-0.15, -0.1) is 0 Å². The molecule has 19 heavy (non-hydrogen) atoms. The second-order valence-electron chi connectivity index (χ2n) is 7.60. The molecule has 1 N–H and O–H groups in total. The molecule has 0 aromatic rings. The molecule has 1 saturated heterocycles. The van der Waals surface area contributed by atoms with E-state index in [0.717, 1.165) is 18.0 Å². The van der Waals surface area contributed by atoms with Gasteiger partial charge in [-0.05, 0) is 70.0 Å². The van der Waals surface area contributed by atoms with Gasteiger partial charge < -0.3 is 5.32 Å². The van der Waals surface area contributed by atoms with Crippen molar-refractivity contribution in [3.63, 3.8) is 0 Å². The number of likely N-dealkylation sites (tertiary alicyclic amines) is 1. The Balaban J connectivity index is 2.00. The summed E-state index contributed by atoms with van der Waals surface area (Å²) < 4.78 is 0. The molecule has 2 aliphatic rings. The molecule has 0 aromatic heterocycles. The lowest BCUT2D eigenvalue weighted by molar-refractivity contribution is 0.0986. The lowest BCUT2D eigenvalue weighted by atomic mass is 9.80. The topological polar surface area (TPSA) is 15.3 Å². The number of likely N-dealkylation sites (N-methyl/N-ethyl adjacent to an activating group) is 1. The minimum atomic E-state index is 0.558. The Labute approximate surface area is 120 Å². The fraction of sp³-hybridized carbons (Fsp3) is 1.00. The number of hydrogen-bond donors (Lipinski definition) is 1. The molecule has 2 nitrogen and oxygen atoms in total. The predicted molar refractivity (Wildman–Crippen MR) is 83.5 cm³/mol. The van der Waals surface area contributed by atoms with Crippen LogP contribution in [0.1, 0.15) is 65.7 Å². The molecule has 3 unspecified atom stereocenters. The molecule has 2 fully saturated rings. The molecule has 0 spiro atoms. The van der Waals surface area contributed by atoms with Crippen LogP contribution < -0.4 is 5.32 Å². The molecule has 1 aliphatic carbocycles. The van der Waals surface area contributed by atoms with Crippen molar-refractivity contribution in [1.29, 1.82) is 0 Å². The predicted octanol–water partition coefficient (Wildman–Crippen LogP) is 3.67. The zero-order valence-electron chi connectivity index (χ0n) is 13.5. The van der Waals surface area contributed by atoms with Crippen LogP contribution in [0.5, 0.6) is 0 Å². The fourth-order valence-electron chi connectivity index (χ4n) is 4.12. The van der Waals surface area contributed by atoms with E-state index in [9.17, 15) is 0 Å². The van der Waals surface area contributed by atoms with Crippen molar-refractivity contribution in [2.24, 2.45) is 11.3 Å². The third-order valence-corrected chi connectivity index (χ3v) is 5.72. The van der Waals surface area contributed by atoms with Crippen LogP contribution in [0.2, 0.25) is 0 Å². The van der Waals surface area contributed by atoms with Gasteiger partial charge in [0.2, 0.25) is 0 Å². The van der Waals surface area contributed by atoms with Gasteiger partial charge in [-0.3, -0.25) is 4.90 Å². The average molecular weight is 266 g/mol. The Morgan fingerprint density at radius 2 is 1.95 bits per heavy atom. The summed E-state index contributed by atoms with van der Waals surface area (Å²) in [4.78, 5) is 2.82. The van der Waals surface area contributed by atoms with Gasteiger partial charge in [0.15, 0.2) is 0 Å². The quantitative estimate of drug-likeness (QED) is 0.838. The fourth-order valence-corrected chi connectivity index (χ4v) is 4.12. The van der Waals surface area contributed by atoms with Gasteiger partial charge in [0, 0.05) is 12.1 Å². The number of nitrogens with one attached hydrogen (secondary N) is 1. The van der Waals surface area contributed by atoms with E-state index in [-0.39, 0.29) is 0 Å². The van der Waals surface area contributed by atoms with Crippen LogP contribution in [0.3, 0.4) is 0 Å². The van der Waals surface area contributed by atoms with Gasteiger partial charge in [0.05, 0.1) is 0 Å². The Morgan fingerprint density at radius 1 is 1.16 bits per heavy atom. The van der Waals surface area contributed by atoms with Gasteiger partial charge in [-0.1, -0.05) is 27.2 Å². The van der Waals surface area contributed by atoms with Crippen LogP contribution in [0.4, 0.5) is 0 Å². The number of nitrogens with zero attached hydrogens (tertiary/aromatic N) is 1. The summed E-state index contributed by atoms with van der Waals surface area (Å²) in [5.74, 6) is 0.964. The van der Waals surface area contributed by atoms with E-state index < -0.39 is 0 Å². The highest BCUT2D eigenvalue weighted by atomic mass is 15.2. The summed E-state index contributed by atoms with van der Waals surface area (Å²) in [6, 6.07) is 1.52. The lowest BCUT2D eigenvalue weighted by Gasteiger charge is -2.42. The first-order valence-electron chi connectivity index (χ1n) is 8.47. The molecule has 0 aromatic carbocycles. The van der Waals surface area contributed by atoms with E-state index in [1.165, 1.54) is 58.0 Å². The molecule has 0 amide bonds. The molecule has 0 bridgehead atoms. The molecule has 1 heterocycles. The van der Waals surface area contributed by atoms with Crippen LogP contribution in [0.15, 0.2) is 0 Å². The number of hydrogen-bond acceptors (Lipinski definition) is 2. The van der Waals surface area contributed by atoms with Crippen molar-refractivity contribution in [1.82, 2.24) is 10.2 Å². The number of rotatable bonds is 3. The van der Waals surface area contributed by atoms with E-state index in [0.29, 0.717) is 5.41 Å². The van der Waals surface area contributed by atoms with E-state index in [1.807, 2.05) is 0 Å². The maximum Gasteiger partial charge on any atom is 0.0251 e. The summed E-state index contributed by atoms with van der Waals surface area (Å²) in [5, 5.41) is 3.60. The highest BCUT2D eigenvalue weighted by Crippen LogP contribution is 2.35. The molecule has 3 atom stereocenters. The van der Waals surface area contributed by atoms with Crippen LogP contribution >= 0.6 is 0 Å². The third-order valence-electron chi connectivity index (χ3n) is 5.72. The molecular weight excluding hydrogens is 232 g/mol. The first kappa shape index (κ1) is 15.3. The maximum atomic E-state index is 3.60. The Hall–Kier alpha value is -0.0800. The SMILES string of the molecule is CCC1CCC(NC)C(N2CCCC(C)(C)CC2)C1.